The average molecular weight is 804 g/mol. The molecule has 0 aliphatic rings. The third-order valence-electron chi connectivity index (χ3n) is 4.43. The van der Waals surface area contributed by atoms with Crippen molar-refractivity contribution in [3.05, 3.63) is 67.8 Å². The summed E-state index contributed by atoms with van der Waals surface area (Å²) >= 11 is 3.45. The molecular weight excluding hydrogens is 772 g/mol. The number of halogens is 4. The fourth-order valence-electron chi connectivity index (χ4n) is 1.88. The molecule has 0 amide bonds. The minimum atomic E-state index is -0.980. The van der Waals surface area contributed by atoms with Gasteiger partial charge in [0.05, 0.1) is 0 Å². The van der Waals surface area contributed by atoms with Crippen LogP contribution in [0.15, 0.2) is 60.7 Å². The van der Waals surface area contributed by atoms with Gasteiger partial charge in [-0.05, 0) is 0 Å². The van der Waals surface area contributed by atoms with E-state index in [9.17, 15) is 0 Å². The van der Waals surface area contributed by atoms with Crippen molar-refractivity contribution in [2.75, 3.05) is 0 Å². The Morgan fingerprint density at radius 1 is 0.615 bits per heavy atom. The average Bonchev–Trinajstić information content (AvgIpc) is 2.68. The first kappa shape index (κ1) is 25.4. The number of alkyl halides is 2. The molecule has 0 saturated heterocycles. The van der Waals surface area contributed by atoms with Crippen molar-refractivity contribution in [2.45, 2.75) is 61.2 Å². The quantitative estimate of drug-likeness (QED) is 0.202. The van der Waals surface area contributed by atoms with Crippen molar-refractivity contribution in [1.29, 1.82) is 0 Å². The summed E-state index contributed by atoms with van der Waals surface area (Å²) in [6, 6.07) is 22.0. The molecule has 148 valence electrons. The van der Waals surface area contributed by atoms with Crippen LogP contribution in [0.4, 0.5) is 0 Å². The van der Waals surface area contributed by atoms with Crippen LogP contribution in [0, 0.1) is 7.14 Å². The van der Waals surface area contributed by atoms with E-state index in [1.54, 1.807) is 7.14 Å². The fourth-order valence-corrected chi connectivity index (χ4v) is 16.2. The summed E-state index contributed by atoms with van der Waals surface area (Å²) in [6.45, 7) is 14.2. The molecule has 0 N–H and O–H groups in total. The predicted octanol–water partition coefficient (Wildman–Crippen LogP) is 9.80. The molecule has 2 aromatic rings. The zero-order valence-electron chi connectivity index (χ0n) is 16.7. The second-order valence-corrected chi connectivity index (χ2v) is 29.2. The molecule has 4 heteroatoms. The zero-order valence-corrected chi connectivity index (χ0v) is 25.3. The van der Waals surface area contributed by atoms with Crippen LogP contribution in [0.3, 0.4) is 0 Å². The van der Waals surface area contributed by atoms with Gasteiger partial charge in [-0.1, -0.05) is 0 Å². The van der Waals surface area contributed by atoms with Crippen molar-refractivity contribution in [2.24, 2.45) is 0 Å². The SMILES string of the molecule is CCC(C)(C)I(I)c1ccccc1.CCC(C)(C)I(I)c1ccccc1. The van der Waals surface area contributed by atoms with Crippen molar-refractivity contribution in [3.8, 4) is 0 Å². The van der Waals surface area contributed by atoms with E-state index < -0.39 is 31.7 Å². The monoisotopic (exact) mass is 804 g/mol. The fraction of sp³-hybridized carbons (Fsp3) is 0.455. The van der Waals surface area contributed by atoms with E-state index in [2.05, 4.69) is 139 Å². The number of hydrogen-bond donors (Lipinski definition) is 0. The molecular formula is C22H32I4. The normalized spacial score (nSPS) is 12.8. The zero-order chi connectivity index (χ0) is 19.8. The van der Waals surface area contributed by atoms with Gasteiger partial charge in [-0.25, -0.2) is 0 Å². The van der Waals surface area contributed by atoms with Crippen LogP contribution < -0.4 is 0 Å². The standard InChI is InChI=1S/2C11H16I2/c2*1-4-11(2,3)13(12)10-8-6-5-7-9-10/h2*5-9H,4H2,1-3H3. The van der Waals surface area contributed by atoms with Crippen molar-refractivity contribution < 1.29 is 0 Å². The van der Waals surface area contributed by atoms with E-state index in [1.165, 1.54) is 12.8 Å². The van der Waals surface area contributed by atoms with Gasteiger partial charge in [-0.3, -0.25) is 0 Å². The summed E-state index contributed by atoms with van der Waals surface area (Å²) in [5, 5.41) is 0. The van der Waals surface area contributed by atoms with Crippen LogP contribution in [0.25, 0.3) is 0 Å². The molecule has 0 fully saturated rings. The second kappa shape index (κ2) is 12.1. The van der Waals surface area contributed by atoms with Gasteiger partial charge < -0.3 is 0 Å². The minimum absolute atomic E-state index is 0.547. The first-order valence-corrected chi connectivity index (χ1v) is 25.9. The molecule has 0 aromatic heterocycles. The maximum absolute atomic E-state index is 2.71. The molecule has 0 aliphatic carbocycles. The maximum atomic E-state index is 2.71. The van der Waals surface area contributed by atoms with Gasteiger partial charge in [0.15, 0.2) is 0 Å². The second-order valence-electron chi connectivity index (χ2n) is 7.21. The van der Waals surface area contributed by atoms with Crippen LogP contribution in [0.2, 0.25) is 0 Å². The van der Waals surface area contributed by atoms with E-state index in [4.69, 9.17) is 0 Å². The third kappa shape index (κ3) is 8.00. The molecule has 0 bridgehead atoms. The van der Waals surface area contributed by atoms with Crippen molar-refractivity contribution in [3.63, 3.8) is 0 Å². The molecule has 0 spiro atoms. The molecule has 2 aromatic carbocycles. The molecule has 0 radical (unpaired) electrons. The molecule has 0 nitrogen and oxygen atoms in total. The van der Waals surface area contributed by atoms with Gasteiger partial charge in [-0.15, -0.1) is 0 Å². The van der Waals surface area contributed by atoms with Crippen LogP contribution >= 0.6 is 68.9 Å². The molecule has 0 aliphatic heterocycles. The first-order chi connectivity index (χ1) is 12.2. The summed E-state index contributed by atoms with van der Waals surface area (Å²) in [4.78, 5) is 0. The van der Waals surface area contributed by atoms with E-state index >= 15 is 0 Å². The molecule has 2 rings (SSSR count). The summed E-state index contributed by atoms with van der Waals surface area (Å²) < 4.78 is 4.29. The summed E-state index contributed by atoms with van der Waals surface area (Å²) in [7, 11) is 0. The Hall–Kier alpha value is 1.36. The van der Waals surface area contributed by atoms with E-state index in [0.717, 1.165) is 0 Å². The molecule has 0 unspecified atom stereocenters. The summed E-state index contributed by atoms with van der Waals surface area (Å²) in [6.07, 6.45) is 2.57. The van der Waals surface area contributed by atoms with Gasteiger partial charge in [0, 0.05) is 0 Å². The molecule has 0 heterocycles. The number of benzene rings is 2. The van der Waals surface area contributed by atoms with E-state index in [0.29, 0.717) is 6.84 Å². The van der Waals surface area contributed by atoms with Gasteiger partial charge >= 0.3 is 198 Å². The van der Waals surface area contributed by atoms with Crippen LogP contribution in [0.5, 0.6) is 0 Å². The third-order valence-corrected chi connectivity index (χ3v) is 35.8. The Labute approximate surface area is 195 Å². The Bertz CT molecular complexity index is 566. The van der Waals surface area contributed by atoms with Crippen molar-refractivity contribution in [1.82, 2.24) is 0 Å². The van der Waals surface area contributed by atoms with Gasteiger partial charge in [-0.2, -0.15) is 0 Å². The number of hydrogen-bond acceptors (Lipinski definition) is 0. The van der Waals surface area contributed by atoms with Crippen molar-refractivity contribution >= 4 is 68.9 Å². The number of rotatable bonds is 6. The topological polar surface area (TPSA) is 0 Å². The summed E-state index contributed by atoms with van der Waals surface area (Å²) in [5.41, 5.74) is 0. The Morgan fingerprint density at radius 2 is 0.885 bits per heavy atom. The van der Waals surface area contributed by atoms with Gasteiger partial charge in [0.1, 0.15) is 0 Å². The van der Waals surface area contributed by atoms with Gasteiger partial charge in [0.2, 0.25) is 0 Å². The van der Waals surface area contributed by atoms with E-state index in [-0.39, 0.29) is 0 Å². The molecule has 0 saturated carbocycles. The van der Waals surface area contributed by atoms with Crippen LogP contribution in [-0.2, 0) is 0 Å². The molecule has 26 heavy (non-hydrogen) atoms. The van der Waals surface area contributed by atoms with Gasteiger partial charge in [0.25, 0.3) is 0 Å². The Morgan fingerprint density at radius 3 is 1.12 bits per heavy atom. The molecule has 0 atom stereocenters. The Kier molecular flexibility index (Phi) is 11.9. The predicted molar refractivity (Wildman–Crippen MR) is 155 cm³/mol. The van der Waals surface area contributed by atoms with Crippen LogP contribution in [0.1, 0.15) is 54.4 Å². The summed E-state index contributed by atoms with van der Waals surface area (Å²) in [5.74, 6) is 0. The first-order valence-electron chi connectivity index (χ1n) is 8.98. The van der Waals surface area contributed by atoms with Crippen LogP contribution in [-0.4, -0.2) is 6.84 Å². The Balaban J connectivity index is 0.000000260. The van der Waals surface area contributed by atoms with E-state index in [1.807, 2.05) is 0 Å².